The summed E-state index contributed by atoms with van der Waals surface area (Å²) < 4.78 is 37.9. The fraction of sp³-hybridized carbons (Fsp3) is 0.111. The van der Waals surface area contributed by atoms with Crippen LogP contribution in [-0.4, -0.2) is 19.7 Å². The molecule has 8 heteroatoms. The van der Waals surface area contributed by atoms with E-state index in [9.17, 15) is 13.2 Å². The first-order chi connectivity index (χ1) is 8.00. The van der Waals surface area contributed by atoms with Gasteiger partial charge in [-0.15, -0.1) is 5.10 Å². The van der Waals surface area contributed by atoms with Crippen LogP contribution in [-0.2, 0) is 6.18 Å². The normalized spacial score (nSPS) is 11.2. The summed E-state index contributed by atoms with van der Waals surface area (Å²) in [6, 6.07) is 3.74. The summed E-state index contributed by atoms with van der Waals surface area (Å²) in [7, 11) is 0. The quantitative estimate of drug-likeness (QED) is 0.757. The molecule has 2 aromatic heterocycles. The average Bonchev–Trinajstić information content (AvgIpc) is 2.76. The number of hydrogen-bond acceptors (Lipinski definition) is 4. The van der Waals surface area contributed by atoms with E-state index in [1.807, 2.05) is 0 Å². The minimum atomic E-state index is -4.42. The fourth-order valence-electron chi connectivity index (χ4n) is 1.11. The van der Waals surface area contributed by atoms with Gasteiger partial charge in [0.1, 0.15) is 12.4 Å². The van der Waals surface area contributed by atoms with Crippen molar-refractivity contribution in [1.29, 1.82) is 5.26 Å². The van der Waals surface area contributed by atoms with Crippen molar-refractivity contribution in [3.63, 3.8) is 0 Å². The van der Waals surface area contributed by atoms with Crippen LogP contribution in [0.2, 0.25) is 0 Å². The predicted molar refractivity (Wildman–Crippen MR) is 48.9 cm³/mol. The van der Waals surface area contributed by atoms with Gasteiger partial charge < -0.3 is 0 Å². The van der Waals surface area contributed by atoms with Crippen LogP contribution < -0.4 is 0 Å². The molecule has 0 aromatic carbocycles. The van der Waals surface area contributed by atoms with Gasteiger partial charge in [0.05, 0.1) is 5.56 Å². The van der Waals surface area contributed by atoms with Crippen molar-refractivity contribution in [2.75, 3.05) is 0 Å². The molecule has 0 spiro atoms. The molecule has 0 saturated carbocycles. The zero-order valence-electron chi connectivity index (χ0n) is 8.18. The minimum Gasteiger partial charge on any atom is -0.236 e. The lowest BCUT2D eigenvalue weighted by atomic mass is 10.3. The van der Waals surface area contributed by atoms with Crippen molar-refractivity contribution in [1.82, 2.24) is 19.7 Å². The van der Waals surface area contributed by atoms with Gasteiger partial charge in [-0.1, -0.05) is 0 Å². The minimum absolute atomic E-state index is 0.0771. The van der Waals surface area contributed by atoms with E-state index in [2.05, 4.69) is 15.1 Å². The molecule has 5 nitrogen and oxygen atoms in total. The first kappa shape index (κ1) is 11.1. The van der Waals surface area contributed by atoms with E-state index in [0.717, 1.165) is 16.8 Å². The Labute approximate surface area is 93.2 Å². The second-order valence-corrected chi connectivity index (χ2v) is 3.03. The Bertz CT molecular complexity index is 564. The summed E-state index contributed by atoms with van der Waals surface area (Å²) >= 11 is 0. The highest BCUT2D eigenvalue weighted by Crippen LogP contribution is 2.28. The van der Waals surface area contributed by atoms with Crippen molar-refractivity contribution in [3.8, 4) is 11.9 Å². The standard InChI is InChI=1S/C9H4F3N5/c10-9(11,12)6-1-2-8(14-4-6)17-5-15-7(3-13)16-17/h1-2,4-5H. The summed E-state index contributed by atoms with van der Waals surface area (Å²) in [4.78, 5) is 7.20. The molecule has 0 saturated heterocycles. The van der Waals surface area contributed by atoms with E-state index in [1.54, 1.807) is 6.07 Å². The Morgan fingerprint density at radius 2 is 2.00 bits per heavy atom. The molecule has 0 fully saturated rings. The first-order valence-corrected chi connectivity index (χ1v) is 4.36. The third-order valence-corrected chi connectivity index (χ3v) is 1.90. The van der Waals surface area contributed by atoms with Gasteiger partial charge in [0.15, 0.2) is 5.82 Å². The lowest BCUT2D eigenvalue weighted by Gasteiger charge is -2.06. The number of nitriles is 1. The summed E-state index contributed by atoms with van der Waals surface area (Å²) in [5, 5.41) is 12.2. The number of halogens is 3. The molecule has 0 aliphatic carbocycles. The lowest BCUT2D eigenvalue weighted by Crippen LogP contribution is -2.07. The molecule has 2 heterocycles. The molecule has 0 amide bonds. The molecular formula is C9H4F3N5. The van der Waals surface area contributed by atoms with Crippen LogP contribution >= 0.6 is 0 Å². The van der Waals surface area contributed by atoms with Crippen molar-refractivity contribution >= 4 is 0 Å². The number of alkyl halides is 3. The van der Waals surface area contributed by atoms with E-state index in [1.165, 1.54) is 6.33 Å². The monoisotopic (exact) mass is 239 g/mol. The SMILES string of the molecule is N#Cc1ncn(-c2ccc(C(F)(F)F)cn2)n1. The Morgan fingerprint density at radius 3 is 2.47 bits per heavy atom. The number of aromatic nitrogens is 4. The molecule has 0 aliphatic rings. The topological polar surface area (TPSA) is 67.4 Å². The maximum absolute atomic E-state index is 12.3. The van der Waals surface area contributed by atoms with Gasteiger partial charge >= 0.3 is 6.18 Å². The van der Waals surface area contributed by atoms with E-state index in [-0.39, 0.29) is 11.6 Å². The molecule has 86 valence electrons. The van der Waals surface area contributed by atoms with Crippen LogP contribution in [0.5, 0.6) is 0 Å². The molecule has 17 heavy (non-hydrogen) atoms. The highest BCUT2D eigenvalue weighted by Gasteiger charge is 2.30. The second-order valence-electron chi connectivity index (χ2n) is 3.03. The van der Waals surface area contributed by atoms with Crippen LogP contribution in [0.1, 0.15) is 11.4 Å². The van der Waals surface area contributed by atoms with Crippen LogP contribution in [0.15, 0.2) is 24.7 Å². The van der Waals surface area contributed by atoms with Gasteiger partial charge in [-0.2, -0.15) is 18.4 Å². The summed E-state index contributed by atoms with van der Waals surface area (Å²) in [5.41, 5.74) is -0.845. The zero-order valence-corrected chi connectivity index (χ0v) is 8.18. The molecule has 0 radical (unpaired) electrons. The highest BCUT2D eigenvalue weighted by atomic mass is 19.4. The molecule has 0 atom stereocenters. The Balaban J connectivity index is 2.33. The van der Waals surface area contributed by atoms with Gasteiger partial charge in [0, 0.05) is 6.20 Å². The second kappa shape index (κ2) is 3.86. The maximum atomic E-state index is 12.3. The summed E-state index contributed by atoms with van der Waals surface area (Å²) in [5.74, 6) is 0.0821. The number of rotatable bonds is 1. The van der Waals surface area contributed by atoms with Gasteiger partial charge in [-0.3, -0.25) is 0 Å². The predicted octanol–water partition coefficient (Wildman–Crippen LogP) is 1.55. The molecule has 2 rings (SSSR count). The van der Waals surface area contributed by atoms with Gasteiger partial charge in [0.2, 0.25) is 0 Å². The number of hydrogen-bond donors (Lipinski definition) is 0. The third kappa shape index (κ3) is 2.23. The van der Waals surface area contributed by atoms with Gasteiger partial charge in [-0.05, 0) is 12.1 Å². The van der Waals surface area contributed by atoms with Gasteiger partial charge in [-0.25, -0.2) is 14.6 Å². The summed E-state index contributed by atoms with van der Waals surface area (Å²) in [6.45, 7) is 0. The Kier molecular flexibility index (Phi) is 2.51. The smallest absolute Gasteiger partial charge is 0.236 e. The van der Waals surface area contributed by atoms with E-state index in [0.29, 0.717) is 6.20 Å². The van der Waals surface area contributed by atoms with E-state index < -0.39 is 11.7 Å². The molecular weight excluding hydrogens is 235 g/mol. The Morgan fingerprint density at radius 1 is 1.24 bits per heavy atom. The van der Waals surface area contributed by atoms with Crippen molar-refractivity contribution in [2.45, 2.75) is 6.18 Å². The first-order valence-electron chi connectivity index (χ1n) is 4.36. The van der Waals surface area contributed by atoms with Gasteiger partial charge in [0.25, 0.3) is 5.82 Å². The molecule has 0 bridgehead atoms. The number of nitrogens with zero attached hydrogens (tertiary/aromatic N) is 5. The van der Waals surface area contributed by atoms with E-state index >= 15 is 0 Å². The van der Waals surface area contributed by atoms with Crippen molar-refractivity contribution < 1.29 is 13.2 Å². The zero-order chi connectivity index (χ0) is 12.5. The van der Waals surface area contributed by atoms with E-state index in [4.69, 9.17) is 5.26 Å². The van der Waals surface area contributed by atoms with Crippen LogP contribution in [0.3, 0.4) is 0 Å². The molecule has 2 aromatic rings. The largest absolute Gasteiger partial charge is 0.417 e. The maximum Gasteiger partial charge on any atom is 0.417 e. The summed E-state index contributed by atoms with van der Waals surface area (Å²) in [6.07, 6.45) is -2.52. The number of pyridine rings is 1. The molecule has 0 unspecified atom stereocenters. The molecule has 0 N–H and O–H groups in total. The third-order valence-electron chi connectivity index (χ3n) is 1.90. The Hall–Kier alpha value is -2.43. The van der Waals surface area contributed by atoms with Crippen LogP contribution in [0, 0.1) is 11.3 Å². The van der Waals surface area contributed by atoms with Crippen LogP contribution in [0.25, 0.3) is 5.82 Å². The van der Waals surface area contributed by atoms with Crippen molar-refractivity contribution in [3.05, 3.63) is 36.0 Å². The fourth-order valence-corrected chi connectivity index (χ4v) is 1.11. The molecule has 0 aliphatic heterocycles. The lowest BCUT2D eigenvalue weighted by molar-refractivity contribution is -0.137. The average molecular weight is 239 g/mol. The van der Waals surface area contributed by atoms with Crippen LogP contribution in [0.4, 0.5) is 13.2 Å². The van der Waals surface area contributed by atoms with Crippen molar-refractivity contribution in [2.24, 2.45) is 0 Å². The highest BCUT2D eigenvalue weighted by molar-refractivity contribution is 5.26.